The molecule has 1 aromatic heterocycles. The van der Waals surface area contributed by atoms with Crippen LogP contribution in [0.25, 0.3) is 0 Å². The van der Waals surface area contributed by atoms with E-state index in [0.717, 1.165) is 24.8 Å². The Morgan fingerprint density at radius 2 is 2.14 bits per heavy atom. The number of halogens is 1. The number of benzene rings is 1. The van der Waals surface area contributed by atoms with Gasteiger partial charge in [0.15, 0.2) is 6.39 Å². The van der Waals surface area contributed by atoms with Crippen LogP contribution >= 0.6 is 0 Å². The summed E-state index contributed by atoms with van der Waals surface area (Å²) in [5.74, 6) is 0.493. The highest BCUT2D eigenvalue weighted by Gasteiger charge is 2.50. The molecule has 7 heteroatoms. The van der Waals surface area contributed by atoms with Crippen molar-refractivity contribution in [2.24, 2.45) is 11.8 Å². The van der Waals surface area contributed by atoms with E-state index in [9.17, 15) is 14.0 Å². The number of hydrogen-bond acceptors (Lipinski definition) is 4. The van der Waals surface area contributed by atoms with E-state index in [2.05, 4.69) is 9.88 Å². The number of carbonyl (C=O) groups is 2. The maximum absolute atomic E-state index is 13.8. The van der Waals surface area contributed by atoms with Crippen LogP contribution in [0.4, 0.5) is 4.39 Å². The van der Waals surface area contributed by atoms with Crippen molar-refractivity contribution in [2.75, 3.05) is 13.1 Å². The number of piperidine rings is 3. The van der Waals surface area contributed by atoms with Gasteiger partial charge in [0.25, 0.3) is 5.91 Å². The molecule has 3 fully saturated rings. The summed E-state index contributed by atoms with van der Waals surface area (Å²) >= 11 is 0. The van der Waals surface area contributed by atoms with Gasteiger partial charge < -0.3 is 14.2 Å². The molecule has 3 saturated heterocycles. The first-order valence-electron chi connectivity index (χ1n) is 10.3. The summed E-state index contributed by atoms with van der Waals surface area (Å²) in [6, 6.07) is 6.75. The Balaban J connectivity index is 1.45. The molecule has 5 rings (SSSR count). The lowest BCUT2D eigenvalue weighted by Crippen LogP contribution is -2.66. The third-order valence-electron chi connectivity index (χ3n) is 6.76. The molecule has 4 atom stereocenters. The van der Waals surface area contributed by atoms with E-state index in [-0.39, 0.29) is 47.3 Å². The molecule has 2 amide bonds. The minimum Gasteiger partial charge on any atom is -0.438 e. The predicted molar refractivity (Wildman–Crippen MR) is 102 cm³/mol. The second kappa shape index (κ2) is 7.28. The molecule has 29 heavy (non-hydrogen) atoms. The molecule has 3 aliphatic heterocycles. The summed E-state index contributed by atoms with van der Waals surface area (Å²) in [6.07, 6.45) is 6.77. The van der Waals surface area contributed by atoms with E-state index < -0.39 is 0 Å². The molecule has 2 aromatic rings. The first-order valence-corrected chi connectivity index (χ1v) is 10.3. The number of aromatic nitrogens is 1. The van der Waals surface area contributed by atoms with E-state index in [0.29, 0.717) is 25.9 Å². The monoisotopic (exact) mass is 397 g/mol. The van der Waals surface area contributed by atoms with E-state index in [1.807, 2.05) is 11.0 Å². The van der Waals surface area contributed by atoms with Crippen LogP contribution in [0.3, 0.4) is 0 Å². The molecule has 0 saturated carbocycles. The molecule has 2 bridgehead atoms. The smallest absolute Gasteiger partial charge is 0.291 e. The average molecular weight is 397 g/mol. The Kier molecular flexibility index (Phi) is 4.60. The van der Waals surface area contributed by atoms with E-state index in [1.54, 1.807) is 12.1 Å². The van der Waals surface area contributed by atoms with Gasteiger partial charge in [-0.3, -0.25) is 9.59 Å². The summed E-state index contributed by atoms with van der Waals surface area (Å²) < 4.78 is 19.0. The number of oxazole rings is 1. The van der Waals surface area contributed by atoms with E-state index >= 15 is 0 Å². The maximum atomic E-state index is 13.8. The van der Waals surface area contributed by atoms with Crippen molar-refractivity contribution in [2.45, 2.75) is 44.2 Å². The Bertz CT molecular complexity index is 916. The fourth-order valence-electron chi connectivity index (χ4n) is 5.59. The molecule has 1 aromatic carbocycles. The fourth-order valence-corrected chi connectivity index (χ4v) is 5.59. The third-order valence-corrected chi connectivity index (χ3v) is 6.76. The van der Waals surface area contributed by atoms with Gasteiger partial charge in [0, 0.05) is 31.6 Å². The van der Waals surface area contributed by atoms with Crippen molar-refractivity contribution < 1.29 is 18.4 Å². The highest BCUT2D eigenvalue weighted by Crippen LogP contribution is 2.42. The van der Waals surface area contributed by atoms with Crippen LogP contribution in [-0.4, -0.2) is 51.8 Å². The van der Waals surface area contributed by atoms with Crippen LogP contribution < -0.4 is 0 Å². The SMILES string of the molecule is O=C(c1cnco1)N1C[C@H]2C[C@@H](C1)[C@H](Cc1cccc(F)c1)N1C(=O)CCC[C@@H]21. The summed E-state index contributed by atoms with van der Waals surface area (Å²) in [4.78, 5) is 33.6. The van der Waals surface area contributed by atoms with Crippen molar-refractivity contribution in [3.8, 4) is 0 Å². The van der Waals surface area contributed by atoms with Crippen molar-refractivity contribution in [3.05, 3.63) is 54.0 Å². The normalized spacial score (nSPS) is 28.9. The Hall–Kier alpha value is -2.70. The van der Waals surface area contributed by atoms with Crippen LogP contribution in [0, 0.1) is 17.7 Å². The number of likely N-dealkylation sites (tertiary alicyclic amines) is 1. The number of nitrogens with zero attached hydrogens (tertiary/aromatic N) is 3. The van der Waals surface area contributed by atoms with Crippen LogP contribution in [-0.2, 0) is 11.2 Å². The molecular weight excluding hydrogens is 373 g/mol. The predicted octanol–water partition coefficient (Wildman–Crippen LogP) is 2.90. The second-order valence-corrected chi connectivity index (χ2v) is 8.49. The topological polar surface area (TPSA) is 66.7 Å². The molecule has 0 aliphatic carbocycles. The molecule has 4 heterocycles. The standard InChI is InChI=1S/C22H24FN3O3/c23-17-4-1-3-14(7-17)8-19-16-9-15(18-5-2-6-21(27)26(18)19)11-25(12-16)22(28)20-10-24-13-29-20/h1,3-4,7,10,13,15-16,18-19H,2,5-6,8-9,11-12H2/t15-,16+,18+,19+/m1/s1. The quantitative estimate of drug-likeness (QED) is 0.799. The van der Waals surface area contributed by atoms with Gasteiger partial charge >= 0.3 is 0 Å². The van der Waals surface area contributed by atoms with Gasteiger partial charge in [-0.2, -0.15) is 0 Å². The number of hydrogen-bond donors (Lipinski definition) is 0. The zero-order chi connectivity index (χ0) is 20.0. The minimum atomic E-state index is -0.261. The lowest BCUT2D eigenvalue weighted by Gasteiger charge is -2.56. The molecule has 6 nitrogen and oxygen atoms in total. The number of rotatable bonds is 3. The zero-order valence-electron chi connectivity index (χ0n) is 16.2. The Labute approximate surface area is 168 Å². The average Bonchev–Trinajstić information content (AvgIpc) is 3.25. The molecule has 0 unspecified atom stereocenters. The van der Waals surface area contributed by atoms with Crippen LogP contribution in [0.15, 0.2) is 41.3 Å². The molecule has 0 spiro atoms. The molecule has 3 aliphatic rings. The van der Waals surface area contributed by atoms with E-state index in [4.69, 9.17) is 4.42 Å². The van der Waals surface area contributed by atoms with Crippen molar-refractivity contribution in [3.63, 3.8) is 0 Å². The van der Waals surface area contributed by atoms with Crippen LogP contribution in [0.2, 0.25) is 0 Å². The van der Waals surface area contributed by atoms with Gasteiger partial charge in [-0.25, -0.2) is 9.37 Å². The first kappa shape index (κ1) is 18.3. The number of amides is 2. The van der Waals surface area contributed by atoms with Crippen molar-refractivity contribution in [1.29, 1.82) is 0 Å². The highest BCUT2D eigenvalue weighted by atomic mass is 19.1. The number of carbonyl (C=O) groups excluding carboxylic acids is 2. The Morgan fingerprint density at radius 3 is 2.93 bits per heavy atom. The van der Waals surface area contributed by atoms with E-state index in [1.165, 1.54) is 18.7 Å². The summed E-state index contributed by atoms with van der Waals surface area (Å²) in [6.45, 7) is 1.21. The molecular formula is C22H24FN3O3. The highest BCUT2D eigenvalue weighted by molar-refractivity contribution is 5.91. The van der Waals surface area contributed by atoms with Gasteiger partial charge in [0.1, 0.15) is 5.82 Å². The summed E-state index contributed by atoms with van der Waals surface area (Å²) in [5, 5.41) is 0. The van der Waals surface area contributed by atoms with Crippen molar-refractivity contribution in [1.82, 2.24) is 14.8 Å². The summed E-state index contributed by atoms with van der Waals surface area (Å²) in [7, 11) is 0. The van der Waals surface area contributed by atoms with Gasteiger partial charge in [0.2, 0.25) is 11.7 Å². The van der Waals surface area contributed by atoms with Gasteiger partial charge in [-0.05, 0) is 55.2 Å². The van der Waals surface area contributed by atoms with Crippen molar-refractivity contribution >= 4 is 11.8 Å². The fraction of sp³-hybridized carbons (Fsp3) is 0.500. The maximum Gasteiger partial charge on any atom is 0.291 e. The van der Waals surface area contributed by atoms with Crippen LogP contribution in [0.1, 0.15) is 41.8 Å². The van der Waals surface area contributed by atoms with Gasteiger partial charge in [-0.15, -0.1) is 0 Å². The molecule has 152 valence electrons. The molecule has 0 N–H and O–H groups in total. The zero-order valence-corrected chi connectivity index (χ0v) is 16.2. The largest absolute Gasteiger partial charge is 0.438 e. The lowest BCUT2D eigenvalue weighted by atomic mass is 9.70. The number of fused-ring (bicyclic) bond motifs is 4. The van der Waals surface area contributed by atoms with Gasteiger partial charge in [0.05, 0.1) is 6.20 Å². The first-order chi connectivity index (χ1) is 14.1. The second-order valence-electron chi connectivity index (χ2n) is 8.49. The Morgan fingerprint density at radius 1 is 1.28 bits per heavy atom. The van der Waals surface area contributed by atoms with Crippen LogP contribution in [0.5, 0.6) is 0 Å². The minimum absolute atomic E-state index is 0.0174. The third kappa shape index (κ3) is 3.32. The molecule has 0 radical (unpaired) electrons. The lowest BCUT2D eigenvalue weighted by molar-refractivity contribution is -0.151. The van der Waals surface area contributed by atoms with Gasteiger partial charge in [-0.1, -0.05) is 12.1 Å². The summed E-state index contributed by atoms with van der Waals surface area (Å²) in [5.41, 5.74) is 0.893.